The van der Waals surface area contributed by atoms with Gasteiger partial charge in [-0.2, -0.15) is 0 Å². The Morgan fingerprint density at radius 3 is 2.69 bits per heavy atom. The van der Waals surface area contributed by atoms with Gasteiger partial charge in [0.1, 0.15) is 5.76 Å². The lowest BCUT2D eigenvalue weighted by Gasteiger charge is -2.22. The molecule has 1 N–H and O–H groups in total. The summed E-state index contributed by atoms with van der Waals surface area (Å²) in [6, 6.07) is 13.5. The number of aryl methyl sites for hydroxylation is 1. The molecule has 26 heavy (non-hydrogen) atoms. The maximum Gasteiger partial charge on any atom is 0.220 e. The van der Waals surface area contributed by atoms with E-state index >= 15 is 0 Å². The van der Waals surface area contributed by atoms with Crippen LogP contribution in [0.2, 0.25) is 0 Å². The first-order chi connectivity index (χ1) is 12.6. The van der Waals surface area contributed by atoms with Crippen LogP contribution >= 0.6 is 0 Å². The fourth-order valence-electron chi connectivity index (χ4n) is 2.70. The molecular weight excluding hydrogens is 330 g/mol. The Morgan fingerprint density at radius 1 is 1.19 bits per heavy atom. The molecule has 0 saturated heterocycles. The third-order valence-corrected chi connectivity index (χ3v) is 4.17. The van der Waals surface area contributed by atoms with Gasteiger partial charge >= 0.3 is 0 Å². The largest absolute Gasteiger partial charge is 0.468 e. The summed E-state index contributed by atoms with van der Waals surface area (Å²) in [7, 11) is 3.91. The Balaban J connectivity index is 1.49. The highest BCUT2D eigenvalue weighted by atomic mass is 16.4. The third kappa shape index (κ3) is 4.61. The molecule has 6 heteroatoms. The average molecular weight is 353 g/mol. The lowest BCUT2D eigenvalue weighted by molar-refractivity contribution is -0.121. The normalized spacial score (nSPS) is 12.3. The van der Waals surface area contributed by atoms with E-state index in [-0.39, 0.29) is 11.9 Å². The Bertz CT molecular complexity index is 810. The second kappa shape index (κ2) is 8.49. The summed E-state index contributed by atoms with van der Waals surface area (Å²) in [6.07, 6.45) is 4.13. The Hall–Kier alpha value is -2.86. The number of amides is 1. The van der Waals surface area contributed by atoms with E-state index in [1.165, 1.54) is 0 Å². The smallest absolute Gasteiger partial charge is 0.220 e. The van der Waals surface area contributed by atoms with E-state index in [1.807, 2.05) is 61.5 Å². The van der Waals surface area contributed by atoms with E-state index in [0.29, 0.717) is 31.0 Å². The number of oxazole rings is 1. The van der Waals surface area contributed by atoms with Crippen molar-refractivity contribution in [2.75, 3.05) is 20.6 Å². The maximum absolute atomic E-state index is 12.2. The molecule has 0 aliphatic carbocycles. The van der Waals surface area contributed by atoms with Crippen LogP contribution in [0.5, 0.6) is 0 Å². The van der Waals surface area contributed by atoms with Crippen molar-refractivity contribution >= 4 is 5.91 Å². The average Bonchev–Trinajstić information content (AvgIpc) is 3.33. The standard InChI is InChI=1S/C20H23N3O3/c1-23(2)16(17-9-6-12-25-17)13-21-19(24)10-11-20-22-14-18(26-20)15-7-4-3-5-8-15/h3-9,12,14,16H,10-11,13H2,1-2H3,(H,21,24). The fourth-order valence-corrected chi connectivity index (χ4v) is 2.70. The minimum Gasteiger partial charge on any atom is -0.468 e. The van der Waals surface area contributed by atoms with Crippen LogP contribution in [0.25, 0.3) is 11.3 Å². The maximum atomic E-state index is 12.2. The minimum atomic E-state index is -0.0390. The second-order valence-corrected chi connectivity index (χ2v) is 6.28. The van der Waals surface area contributed by atoms with E-state index in [1.54, 1.807) is 12.5 Å². The predicted molar refractivity (Wildman–Crippen MR) is 98.4 cm³/mol. The van der Waals surface area contributed by atoms with Crippen molar-refractivity contribution in [1.29, 1.82) is 0 Å². The molecule has 0 aliphatic heterocycles. The van der Waals surface area contributed by atoms with Crippen LogP contribution in [0.3, 0.4) is 0 Å². The van der Waals surface area contributed by atoms with Crippen LogP contribution in [0.4, 0.5) is 0 Å². The van der Waals surface area contributed by atoms with Gasteiger partial charge in [0.05, 0.1) is 18.5 Å². The number of hydrogen-bond acceptors (Lipinski definition) is 5. The Labute approximate surface area is 152 Å². The molecule has 0 spiro atoms. The number of likely N-dealkylation sites (N-methyl/N-ethyl adjacent to an activating group) is 1. The van der Waals surface area contributed by atoms with Crippen molar-refractivity contribution in [3.05, 3.63) is 66.6 Å². The topological polar surface area (TPSA) is 71.5 Å². The van der Waals surface area contributed by atoms with Crippen molar-refractivity contribution in [2.45, 2.75) is 18.9 Å². The molecule has 1 amide bonds. The SMILES string of the molecule is CN(C)C(CNC(=O)CCc1ncc(-c2ccccc2)o1)c1ccco1. The van der Waals surface area contributed by atoms with Gasteiger partial charge in [0.25, 0.3) is 0 Å². The highest BCUT2D eigenvalue weighted by Gasteiger charge is 2.18. The molecule has 1 aromatic carbocycles. The van der Waals surface area contributed by atoms with Gasteiger partial charge in [-0.05, 0) is 26.2 Å². The van der Waals surface area contributed by atoms with Crippen LogP contribution in [-0.2, 0) is 11.2 Å². The van der Waals surface area contributed by atoms with Gasteiger partial charge in [0.2, 0.25) is 5.91 Å². The molecule has 0 aliphatic rings. The molecule has 6 nitrogen and oxygen atoms in total. The summed E-state index contributed by atoms with van der Waals surface area (Å²) in [5.41, 5.74) is 0.975. The first-order valence-corrected chi connectivity index (χ1v) is 8.60. The molecule has 0 radical (unpaired) electrons. The van der Waals surface area contributed by atoms with E-state index in [0.717, 1.165) is 11.3 Å². The molecule has 0 fully saturated rings. The van der Waals surface area contributed by atoms with Crippen LogP contribution < -0.4 is 5.32 Å². The molecule has 1 atom stereocenters. The third-order valence-electron chi connectivity index (χ3n) is 4.17. The zero-order valence-corrected chi connectivity index (χ0v) is 15.0. The number of benzene rings is 1. The van der Waals surface area contributed by atoms with Gasteiger partial charge in [0, 0.05) is 24.9 Å². The molecule has 1 unspecified atom stereocenters. The zero-order chi connectivity index (χ0) is 18.4. The summed E-state index contributed by atoms with van der Waals surface area (Å²) >= 11 is 0. The Morgan fingerprint density at radius 2 is 2.00 bits per heavy atom. The number of furan rings is 1. The van der Waals surface area contributed by atoms with Gasteiger partial charge < -0.3 is 14.2 Å². The van der Waals surface area contributed by atoms with Crippen molar-refractivity contribution in [3.8, 4) is 11.3 Å². The molecule has 0 saturated carbocycles. The second-order valence-electron chi connectivity index (χ2n) is 6.28. The quantitative estimate of drug-likeness (QED) is 0.673. The van der Waals surface area contributed by atoms with Crippen molar-refractivity contribution in [3.63, 3.8) is 0 Å². The highest BCUT2D eigenvalue weighted by molar-refractivity contribution is 5.76. The minimum absolute atomic E-state index is 0.000344. The number of rotatable bonds is 8. The van der Waals surface area contributed by atoms with Crippen molar-refractivity contribution in [2.24, 2.45) is 0 Å². The molecular formula is C20H23N3O3. The van der Waals surface area contributed by atoms with Crippen LogP contribution in [-0.4, -0.2) is 36.4 Å². The lowest BCUT2D eigenvalue weighted by atomic mass is 10.2. The van der Waals surface area contributed by atoms with Gasteiger partial charge in [0.15, 0.2) is 11.7 Å². The number of nitrogens with one attached hydrogen (secondary N) is 1. The number of carbonyl (C=O) groups is 1. The van der Waals surface area contributed by atoms with Crippen LogP contribution in [0, 0.1) is 0 Å². The highest BCUT2D eigenvalue weighted by Crippen LogP contribution is 2.20. The fraction of sp³-hybridized carbons (Fsp3) is 0.300. The van der Waals surface area contributed by atoms with E-state index in [2.05, 4.69) is 10.3 Å². The van der Waals surface area contributed by atoms with Gasteiger partial charge in [-0.15, -0.1) is 0 Å². The van der Waals surface area contributed by atoms with Crippen LogP contribution in [0.1, 0.15) is 24.1 Å². The monoisotopic (exact) mass is 353 g/mol. The first kappa shape index (κ1) is 17.9. The molecule has 3 rings (SSSR count). The molecule has 136 valence electrons. The van der Waals surface area contributed by atoms with Gasteiger partial charge in [-0.1, -0.05) is 30.3 Å². The molecule has 2 heterocycles. The summed E-state index contributed by atoms with van der Waals surface area (Å²) in [5, 5.41) is 2.95. The van der Waals surface area contributed by atoms with Crippen molar-refractivity contribution < 1.29 is 13.6 Å². The predicted octanol–water partition coefficient (Wildman–Crippen LogP) is 3.29. The van der Waals surface area contributed by atoms with E-state index in [4.69, 9.17) is 8.83 Å². The summed E-state index contributed by atoms with van der Waals surface area (Å²) in [6.45, 7) is 0.486. The van der Waals surface area contributed by atoms with E-state index in [9.17, 15) is 4.79 Å². The lowest BCUT2D eigenvalue weighted by Crippen LogP contribution is -2.34. The van der Waals surface area contributed by atoms with Gasteiger partial charge in [-0.3, -0.25) is 9.69 Å². The number of hydrogen-bond donors (Lipinski definition) is 1. The summed E-state index contributed by atoms with van der Waals surface area (Å²) < 4.78 is 11.2. The van der Waals surface area contributed by atoms with Gasteiger partial charge in [-0.25, -0.2) is 4.98 Å². The molecule has 3 aromatic rings. The van der Waals surface area contributed by atoms with Crippen LogP contribution in [0.15, 0.2) is 63.8 Å². The number of nitrogens with zero attached hydrogens (tertiary/aromatic N) is 2. The number of carbonyl (C=O) groups excluding carboxylic acids is 1. The first-order valence-electron chi connectivity index (χ1n) is 8.60. The number of aromatic nitrogens is 1. The Kier molecular flexibility index (Phi) is 5.86. The molecule has 0 bridgehead atoms. The molecule has 2 aromatic heterocycles. The van der Waals surface area contributed by atoms with Crippen molar-refractivity contribution in [1.82, 2.24) is 15.2 Å². The van der Waals surface area contributed by atoms with E-state index < -0.39 is 0 Å². The summed E-state index contributed by atoms with van der Waals surface area (Å²) in [4.78, 5) is 18.4. The summed E-state index contributed by atoms with van der Waals surface area (Å²) in [5.74, 6) is 2.07. The zero-order valence-electron chi connectivity index (χ0n) is 15.0.